The number of fused-ring (bicyclic) bond motifs is 1. The van der Waals surface area contributed by atoms with Crippen LogP contribution in [-0.4, -0.2) is 50.8 Å². The van der Waals surface area contributed by atoms with E-state index < -0.39 is 24.1 Å². The number of aryl methyl sites for hydroxylation is 2. The van der Waals surface area contributed by atoms with Gasteiger partial charge in [-0.05, 0) is 19.9 Å². The fraction of sp³-hybridized carbons (Fsp3) is 0.429. The van der Waals surface area contributed by atoms with Crippen molar-refractivity contribution in [2.45, 2.75) is 25.9 Å². The molecule has 1 amide bonds. The third-order valence-corrected chi connectivity index (χ3v) is 3.87. The number of pyridine rings is 1. The van der Waals surface area contributed by atoms with Crippen LogP contribution in [-0.2, 0) is 4.79 Å². The number of likely N-dealkylation sites (tertiary alicyclic amines) is 1. The molecule has 0 aliphatic carbocycles. The minimum Gasteiger partial charge on any atom is -0.479 e. The number of aliphatic carboxylic acids is 1. The van der Waals surface area contributed by atoms with Crippen molar-refractivity contribution >= 4 is 23.0 Å². The molecule has 3 heterocycles. The minimum atomic E-state index is -2.39. The summed E-state index contributed by atoms with van der Waals surface area (Å²) in [5, 5.41) is 13.2. The number of amides is 1. The summed E-state index contributed by atoms with van der Waals surface area (Å²) in [5.41, 5.74) is -0.771. The van der Waals surface area contributed by atoms with Crippen molar-refractivity contribution in [2.24, 2.45) is 0 Å². The predicted molar refractivity (Wildman–Crippen MR) is 73.3 cm³/mol. The first-order valence-corrected chi connectivity index (χ1v) is 6.77. The van der Waals surface area contributed by atoms with Crippen molar-refractivity contribution in [3.05, 3.63) is 23.0 Å². The van der Waals surface area contributed by atoms with Crippen LogP contribution in [0.25, 0.3) is 11.1 Å². The van der Waals surface area contributed by atoms with E-state index in [1.807, 2.05) is 0 Å². The van der Waals surface area contributed by atoms with E-state index in [0.29, 0.717) is 22.3 Å². The summed E-state index contributed by atoms with van der Waals surface area (Å²) in [6, 6.07) is 1.58. The van der Waals surface area contributed by atoms with Gasteiger partial charge < -0.3 is 14.5 Å². The molecule has 0 saturated carbocycles. The van der Waals surface area contributed by atoms with Crippen LogP contribution in [0.4, 0.5) is 4.39 Å². The maximum Gasteiger partial charge on any atom is 0.343 e. The Labute approximate surface area is 124 Å². The molecule has 1 unspecified atom stereocenters. The monoisotopic (exact) mass is 307 g/mol. The molecule has 2 aromatic rings. The average molecular weight is 307 g/mol. The van der Waals surface area contributed by atoms with Crippen LogP contribution in [0.15, 0.2) is 10.6 Å². The summed E-state index contributed by atoms with van der Waals surface area (Å²) in [5.74, 6) is -1.98. The molecule has 0 aromatic carbocycles. The van der Waals surface area contributed by atoms with Crippen LogP contribution in [0, 0.1) is 13.8 Å². The van der Waals surface area contributed by atoms with Gasteiger partial charge in [-0.15, -0.1) is 0 Å². The van der Waals surface area contributed by atoms with Gasteiger partial charge in [-0.1, -0.05) is 5.16 Å². The number of nitrogens with zero attached hydrogens (tertiary/aromatic N) is 3. The zero-order valence-electron chi connectivity index (χ0n) is 12.1. The Morgan fingerprint density at radius 2 is 2.18 bits per heavy atom. The lowest BCUT2D eigenvalue weighted by Gasteiger charge is -2.18. The van der Waals surface area contributed by atoms with Crippen molar-refractivity contribution in [1.82, 2.24) is 15.0 Å². The van der Waals surface area contributed by atoms with E-state index in [2.05, 4.69) is 10.1 Å². The first-order chi connectivity index (χ1) is 10.3. The largest absolute Gasteiger partial charge is 0.479 e. The van der Waals surface area contributed by atoms with Gasteiger partial charge in [0.1, 0.15) is 0 Å². The second kappa shape index (κ2) is 4.75. The number of carbonyl (C=O) groups is 2. The van der Waals surface area contributed by atoms with Crippen molar-refractivity contribution in [2.75, 3.05) is 13.1 Å². The third kappa shape index (κ3) is 2.11. The van der Waals surface area contributed by atoms with Crippen LogP contribution in [0.3, 0.4) is 0 Å². The molecular weight excluding hydrogens is 293 g/mol. The lowest BCUT2D eigenvalue weighted by atomic mass is 10.1. The highest BCUT2D eigenvalue weighted by Gasteiger charge is 2.47. The average Bonchev–Trinajstić information content (AvgIpc) is 3.02. The fourth-order valence-electron chi connectivity index (χ4n) is 2.68. The van der Waals surface area contributed by atoms with E-state index >= 15 is 0 Å². The van der Waals surface area contributed by atoms with E-state index in [1.54, 1.807) is 19.9 Å². The van der Waals surface area contributed by atoms with Gasteiger partial charge in [0.05, 0.1) is 23.2 Å². The van der Waals surface area contributed by atoms with Crippen LogP contribution in [0.1, 0.15) is 28.2 Å². The van der Waals surface area contributed by atoms with Gasteiger partial charge in [0.15, 0.2) is 0 Å². The van der Waals surface area contributed by atoms with Gasteiger partial charge in [-0.25, -0.2) is 14.2 Å². The van der Waals surface area contributed by atoms with E-state index in [4.69, 9.17) is 9.63 Å². The third-order valence-electron chi connectivity index (χ3n) is 3.87. The molecule has 22 heavy (non-hydrogen) atoms. The Bertz CT molecular complexity index is 788. The molecule has 2 aromatic heterocycles. The first kappa shape index (κ1) is 14.4. The normalized spacial score (nSPS) is 21.5. The molecule has 0 radical (unpaired) electrons. The van der Waals surface area contributed by atoms with Gasteiger partial charge >= 0.3 is 5.97 Å². The number of hydrogen-bond acceptors (Lipinski definition) is 5. The number of aromatic nitrogens is 2. The number of rotatable bonds is 2. The number of halogens is 1. The summed E-state index contributed by atoms with van der Waals surface area (Å²) >= 11 is 0. The quantitative estimate of drug-likeness (QED) is 0.902. The standard InChI is InChI=1S/C14H14FN3O4/c1-7-5-9(10-8(2)17-22-11(10)16-7)12(19)18-4-3-14(15,6-18)13(20)21/h5H,3-4,6H2,1-2H3,(H,20,21). The van der Waals surface area contributed by atoms with E-state index in [9.17, 15) is 14.0 Å². The minimum absolute atomic E-state index is 0.0504. The zero-order chi connectivity index (χ0) is 16.1. The summed E-state index contributed by atoms with van der Waals surface area (Å²) in [6.45, 7) is 2.97. The number of alkyl halides is 1. The summed E-state index contributed by atoms with van der Waals surface area (Å²) in [7, 11) is 0. The van der Waals surface area contributed by atoms with Crippen molar-refractivity contribution in [3.63, 3.8) is 0 Å². The number of hydrogen-bond donors (Lipinski definition) is 1. The highest BCUT2D eigenvalue weighted by molar-refractivity contribution is 6.06. The number of carbonyl (C=O) groups excluding carboxylic acids is 1. The van der Waals surface area contributed by atoms with Crippen LogP contribution >= 0.6 is 0 Å². The zero-order valence-corrected chi connectivity index (χ0v) is 12.1. The van der Waals surface area contributed by atoms with E-state index in [1.165, 1.54) is 4.90 Å². The fourth-order valence-corrected chi connectivity index (χ4v) is 2.68. The second-order valence-corrected chi connectivity index (χ2v) is 5.51. The van der Waals surface area contributed by atoms with Crippen LogP contribution in [0.5, 0.6) is 0 Å². The van der Waals surface area contributed by atoms with Crippen LogP contribution in [0.2, 0.25) is 0 Å². The molecule has 1 N–H and O–H groups in total. The summed E-state index contributed by atoms with van der Waals surface area (Å²) in [6.07, 6.45) is -0.218. The molecule has 0 spiro atoms. The van der Waals surface area contributed by atoms with Gasteiger partial charge in [0, 0.05) is 18.7 Å². The van der Waals surface area contributed by atoms with Gasteiger partial charge in [-0.3, -0.25) is 4.79 Å². The van der Waals surface area contributed by atoms with E-state index in [-0.39, 0.29) is 18.7 Å². The second-order valence-electron chi connectivity index (χ2n) is 5.51. The van der Waals surface area contributed by atoms with Gasteiger partial charge in [-0.2, -0.15) is 0 Å². The lowest BCUT2D eigenvalue weighted by Crippen LogP contribution is -2.39. The highest BCUT2D eigenvalue weighted by atomic mass is 19.1. The molecular formula is C14H14FN3O4. The van der Waals surface area contributed by atoms with Crippen LogP contribution < -0.4 is 0 Å². The molecule has 1 atom stereocenters. The molecule has 1 fully saturated rings. The molecule has 0 bridgehead atoms. The predicted octanol–water partition coefficient (Wildman–Crippen LogP) is 1.48. The Morgan fingerprint density at radius 3 is 2.82 bits per heavy atom. The molecule has 3 rings (SSSR count). The summed E-state index contributed by atoms with van der Waals surface area (Å²) in [4.78, 5) is 29.0. The molecule has 1 aliphatic rings. The summed E-state index contributed by atoms with van der Waals surface area (Å²) < 4.78 is 19.2. The van der Waals surface area contributed by atoms with Gasteiger partial charge in [0.2, 0.25) is 5.67 Å². The molecule has 1 aliphatic heterocycles. The Balaban J connectivity index is 2.00. The maximum absolute atomic E-state index is 14.1. The SMILES string of the molecule is Cc1cc(C(=O)N2CCC(F)(C(=O)O)C2)c2c(C)noc2n1. The lowest BCUT2D eigenvalue weighted by molar-refractivity contribution is -0.149. The Kier molecular flexibility index (Phi) is 3.12. The Morgan fingerprint density at radius 1 is 1.45 bits per heavy atom. The topological polar surface area (TPSA) is 96.5 Å². The number of carboxylic acids is 1. The van der Waals surface area contributed by atoms with E-state index in [0.717, 1.165) is 0 Å². The van der Waals surface area contributed by atoms with Gasteiger partial charge in [0.25, 0.3) is 11.6 Å². The molecule has 116 valence electrons. The van der Waals surface area contributed by atoms with Crippen molar-refractivity contribution in [1.29, 1.82) is 0 Å². The molecule has 8 heteroatoms. The van der Waals surface area contributed by atoms with Crippen molar-refractivity contribution in [3.8, 4) is 0 Å². The first-order valence-electron chi connectivity index (χ1n) is 6.77. The number of carboxylic acid groups (broad SMARTS) is 1. The smallest absolute Gasteiger partial charge is 0.343 e. The molecule has 7 nitrogen and oxygen atoms in total. The van der Waals surface area contributed by atoms with Crippen molar-refractivity contribution < 1.29 is 23.6 Å². The molecule has 1 saturated heterocycles. The highest BCUT2D eigenvalue weighted by Crippen LogP contribution is 2.29. The Hall–Kier alpha value is -2.51. The maximum atomic E-state index is 14.1.